The second-order valence-corrected chi connectivity index (χ2v) is 4.84. The molecule has 4 nitrogen and oxygen atoms in total. The Morgan fingerprint density at radius 3 is 1.96 bits per heavy atom. The van der Waals surface area contributed by atoms with E-state index in [1.807, 2.05) is 0 Å². The predicted molar refractivity (Wildman–Crippen MR) is 108 cm³/mol. The molecule has 0 unspecified atom stereocenters. The van der Waals surface area contributed by atoms with E-state index in [4.69, 9.17) is 5.11 Å². The van der Waals surface area contributed by atoms with Crippen molar-refractivity contribution in [3.8, 4) is 0 Å². The van der Waals surface area contributed by atoms with Gasteiger partial charge in [0.1, 0.15) is 0 Å². The van der Waals surface area contributed by atoms with Crippen LogP contribution in [0.15, 0.2) is 24.3 Å². The third-order valence-electron chi connectivity index (χ3n) is 3.39. The highest BCUT2D eigenvalue weighted by atomic mass is 35.5. The maximum Gasteiger partial charge on any atom is 0.0555 e. The summed E-state index contributed by atoms with van der Waals surface area (Å²) >= 11 is 0. The van der Waals surface area contributed by atoms with Crippen molar-refractivity contribution in [2.45, 2.75) is 26.8 Å². The summed E-state index contributed by atoms with van der Waals surface area (Å²) in [6.45, 7) is 10.2. The zero-order chi connectivity index (χ0) is 14.6. The maximum absolute atomic E-state index is 8.63. The summed E-state index contributed by atoms with van der Waals surface area (Å²) in [5.41, 5.74) is 2.62. The third-order valence-corrected chi connectivity index (χ3v) is 3.39. The molecule has 0 saturated carbocycles. The topological polar surface area (TPSA) is 47.5 Å². The Kier molecular flexibility index (Phi) is 21.7. The van der Waals surface area contributed by atoms with E-state index in [1.165, 1.54) is 11.3 Å². The van der Waals surface area contributed by atoms with Crippen LogP contribution in [0.25, 0.3) is 0 Å². The van der Waals surface area contributed by atoms with Gasteiger partial charge in [0.15, 0.2) is 0 Å². The molecule has 1 aromatic carbocycles. The van der Waals surface area contributed by atoms with Gasteiger partial charge in [0.25, 0.3) is 0 Å². The third kappa shape index (κ3) is 11.9. The van der Waals surface area contributed by atoms with E-state index in [9.17, 15) is 0 Å². The molecular weight excluding hydrogens is 357 g/mol. The summed E-state index contributed by atoms with van der Waals surface area (Å²) in [5, 5.41) is 15.2. The zero-order valence-corrected chi connectivity index (χ0v) is 16.5. The smallest absolute Gasteiger partial charge is 0.0555 e. The lowest BCUT2D eigenvalue weighted by molar-refractivity contribution is 0.292. The number of halogens is 3. The van der Waals surface area contributed by atoms with Crippen LogP contribution in [0, 0.1) is 0 Å². The minimum atomic E-state index is 0. The van der Waals surface area contributed by atoms with E-state index >= 15 is 0 Å². The Morgan fingerprint density at radius 1 is 0.870 bits per heavy atom. The van der Waals surface area contributed by atoms with Crippen molar-refractivity contribution >= 4 is 42.9 Å². The quantitative estimate of drug-likeness (QED) is 0.510. The van der Waals surface area contributed by atoms with E-state index in [0.29, 0.717) is 6.54 Å². The molecule has 0 aromatic heterocycles. The number of anilines is 1. The number of hydrogen-bond donors (Lipinski definition) is 3. The Balaban J connectivity index is -0.00000133. The van der Waals surface area contributed by atoms with Crippen molar-refractivity contribution in [2.24, 2.45) is 0 Å². The number of nitrogens with one attached hydrogen (secondary N) is 2. The molecular formula is C16H32Cl3N3O. The highest BCUT2D eigenvalue weighted by molar-refractivity contribution is 5.86. The molecule has 0 saturated heterocycles. The SMILES string of the molecule is CCN(CC)c1ccc(CNCCCNCCO)cc1.Cl.Cl.Cl. The van der Waals surface area contributed by atoms with E-state index in [2.05, 4.69) is 53.6 Å². The number of rotatable bonds is 11. The van der Waals surface area contributed by atoms with Crippen LogP contribution >= 0.6 is 37.2 Å². The molecule has 0 amide bonds. The lowest BCUT2D eigenvalue weighted by atomic mass is 10.2. The van der Waals surface area contributed by atoms with E-state index < -0.39 is 0 Å². The first kappa shape index (κ1) is 27.6. The highest BCUT2D eigenvalue weighted by Crippen LogP contribution is 2.14. The van der Waals surface area contributed by atoms with Crippen LogP contribution in [0.3, 0.4) is 0 Å². The van der Waals surface area contributed by atoms with Gasteiger partial charge in [-0.05, 0) is 51.1 Å². The van der Waals surface area contributed by atoms with Crippen LogP contribution in [0.4, 0.5) is 5.69 Å². The lowest BCUT2D eigenvalue weighted by Gasteiger charge is -2.21. The Bertz CT molecular complexity index is 349. The lowest BCUT2D eigenvalue weighted by Crippen LogP contribution is -2.24. The van der Waals surface area contributed by atoms with Gasteiger partial charge in [-0.3, -0.25) is 0 Å². The molecule has 1 aromatic rings. The summed E-state index contributed by atoms with van der Waals surface area (Å²) in [6, 6.07) is 8.80. The molecule has 0 aliphatic carbocycles. The van der Waals surface area contributed by atoms with Crippen molar-refractivity contribution in [1.82, 2.24) is 10.6 Å². The first-order valence-electron chi connectivity index (χ1n) is 7.68. The van der Waals surface area contributed by atoms with Crippen molar-refractivity contribution in [3.05, 3.63) is 29.8 Å². The largest absolute Gasteiger partial charge is 0.395 e. The molecule has 3 N–H and O–H groups in total. The second kappa shape index (κ2) is 18.1. The van der Waals surface area contributed by atoms with Gasteiger partial charge in [-0.2, -0.15) is 0 Å². The van der Waals surface area contributed by atoms with Crippen LogP contribution in [0.2, 0.25) is 0 Å². The van der Waals surface area contributed by atoms with Crippen molar-refractivity contribution < 1.29 is 5.11 Å². The zero-order valence-electron chi connectivity index (χ0n) is 14.1. The molecule has 138 valence electrons. The standard InChI is InChI=1S/C16H29N3O.3ClH/c1-3-19(4-2)16-8-6-15(7-9-16)14-18-11-5-10-17-12-13-20;;;/h6-9,17-18,20H,3-5,10-14H2,1-2H3;3*1H. The molecule has 0 fully saturated rings. The number of aliphatic hydroxyl groups excluding tert-OH is 1. The molecule has 0 heterocycles. The summed E-state index contributed by atoms with van der Waals surface area (Å²) < 4.78 is 0. The minimum Gasteiger partial charge on any atom is -0.395 e. The molecule has 0 spiro atoms. The number of hydrogen-bond acceptors (Lipinski definition) is 4. The summed E-state index contributed by atoms with van der Waals surface area (Å²) in [5.74, 6) is 0. The van der Waals surface area contributed by atoms with Crippen LogP contribution in [0.1, 0.15) is 25.8 Å². The van der Waals surface area contributed by atoms with Crippen molar-refractivity contribution in [2.75, 3.05) is 44.2 Å². The molecule has 0 bridgehead atoms. The van der Waals surface area contributed by atoms with Gasteiger partial charge >= 0.3 is 0 Å². The highest BCUT2D eigenvalue weighted by Gasteiger charge is 2.01. The molecule has 0 aliphatic rings. The molecule has 0 radical (unpaired) electrons. The maximum atomic E-state index is 8.63. The number of benzene rings is 1. The first-order valence-corrected chi connectivity index (χ1v) is 7.68. The Labute approximate surface area is 159 Å². The number of aliphatic hydroxyl groups is 1. The summed E-state index contributed by atoms with van der Waals surface area (Å²) in [7, 11) is 0. The average Bonchev–Trinajstić information content (AvgIpc) is 2.49. The van der Waals surface area contributed by atoms with Gasteiger partial charge in [-0.25, -0.2) is 0 Å². The normalized spacial score (nSPS) is 9.35. The Morgan fingerprint density at radius 2 is 1.43 bits per heavy atom. The fourth-order valence-corrected chi connectivity index (χ4v) is 2.19. The molecule has 0 aliphatic heterocycles. The van der Waals surface area contributed by atoms with Crippen LogP contribution in [0.5, 0.6) is 0 Å². The molecule has 7 heteroatoms. The van der Waals surface area contributed by atoms with Gasteiger partial charge in [0.2, 0.25) is 0 Å². The van der Waals surface area contributed by atoms with Crippen LogP contribution < -0.4 is 15.5 Å². The van der Waals surface area contributed by atoms with Gasteiger partial charge in [-0.1, -0.05) is 12.1 Å². The molecule has 0 atom stereocenters. The fourth-order valence-electron chi connectivity index (χ4n) is 2.19. The van der Waals surface area contributed by atoms with Crippen LogP contribution in [-0.4, -0.2) is 44.4 Å². The number of nitrogens with zero attached hydrogens (tertiary/aromatic N) is 1. The first-order chi connectivity index (χ1) is 9.81. The molecule has 1 rings (SSSR count). The summed E-state index contributed by atoms with van der Waals surface area (Å²) in [4.78, 5) is 2.35. The Hall–Kier alpha value is -0.230. The van der Waals surface area contributed by atoms with Crippen molar-refractivity contribution in [1.29, 1.82) is 0 Å². The van der Waals surface area contributed by atoms with Gasteiger partial charge in [0, 0.05) is 31.9 Å². The average molecular weight is 389 g/mol. The minimum absolute atomic E-state index is 0. The summed E-state index contributed by atoms with van der Waals surface area (Å²) in [6.07, 6.45) is 1.08. The van der Waals surface area contributed by atoms with Crippen LogP contribution in [-0.2, 0) is 6.54 Å². The van der Waals surface area contributed by atoms with Gasteiger partial charge in [-0.15, -0.1) is 37.2 Å². The predicted octanol–water partition coefficient (Wildman–Crippen LogP) is 2.86. The molecule has 23 heavy (non-hydrogen) atoms. The van der Waals surface area contributed by atoms with E-state index in [-0.39, 0.29) is 43.8 Å². The van der Waals surface area contributed by atoms with Crippen molar-refractivity contribution in [3.63, 3.8) is 0 Å². The second-order valence-electron chi connectivity index (χ2n) is 4.84. The van der Waals surface area contributed by atoms with Gasteiger partial charge < -0.3 is 20.6 Å². The fraction of sp³-hybridized carbons (Fsp3) is 0.625. The monoisotopic (exact) mass is 387 g/mol. The van der Waals surface area contributed by atoms with E-state index in [1.54, 1.807) is 0 Å². The van der Waals surface area contributed by atoms with Gasteiger partial charge in [0.05, 0.1) is 6.61 Å². The van der Waals surface area contributed by atoms with E-state index in [0.717, 1.165) is 39.1 Å².